The van der Waals surface area contributed by atoms with E-state index in [9.17, 15) is 23.8 Å². The lowest BCUT2D eigenvalue weighted by atomic mass is 9.99. The van der Waals surface area contributed by atoms with Gasteiger partial charge in [-0.3, -0.25) is 4.79 Å². The van der Waals surface area contributed by atoms with Gasteiger partial charge in [0.15, 0.2) is 5.76 Å². The fourth-order valence-electron chi connectivity index (χ4n) is 3.57. The Morgan fingerprint density at radius 2 is 1.87 bits per heavy atom. The number of amides is 1. The minimum atomic E-state index is -1.10. The smallest absolute Gasteiger partial charge is 0.217 e. The van der Waals surface area contributed by atoms with Gasteiger partial charge in [0.2, 0.25) is 5.91 Å². The van der Waals surface area contributed by atoms with Crippen LogP contribution in [0.1, 0.15) is 30.5 Å². The lowest BCUT2D eigenvalue weighted by molar-refractivity contribution is -0.120. The highest BCUT2D eigenvalue weighted by atomic mass is 19.1. The Labute approximate surface area is 179 Å². The summed E-state index contributed by atoms with van der Waals surface area (Å²) in [5.41, 5.74) is 2.48. The van der Waals surface area contributed by atoms with Crippen LogP contribution in [0.4, 0.5) is 8.78 Å². The van der Waals surface area contributed by atoms with Crippen LogP contribution in [0.2, 0.25) is 0 Å². The maximum absolute atomic E-state index is 13.5. The van der Waals surface area contributed by atoms with Crippen LogP contribution in [-0.4, -0.2) is 41.4 Å². The zero-order valence-corrected chi connectivity index (χ0v) is 17.4. The molecule has 1 aliphatic rings. The third-order valence-electron chi connectivity index (χ3n) is 5.09. The van der Waals surface area contributed by atoms with E-state index in [1.54, 1.807) is 0 Å². The molecule has 0 radical (unpaired) electrons. The molecule has 0 saturated carbocycles. The van der Waals surface area contributed by atoms with Crippen LogP contribution in [0, 0.1) is 11.6 Å². The molecule has 31 heavy (non-hydrogen) atoms. The van der Waals surface area contributed by atoms with Gasteiger partial charge >= 0.3 is 0 Å². The van der Waals surface area contributed by atoms with E-state index in [1.807, 2.05) is 25.1 Å². The molecular formula is C23H26F2N2O4. The molecule has 0 aromatic heterocycles. The molecule has 2 atom stereocenters. The zero-order chi connectivity index (χ0) is 22.5. The Hall–Kier alpha value is -3.13. The number of benzene rings is 2. The lowest BCUT2D eigenvalue weighted by Gasteiger charge is -2.27. The van der Waals surface area contributed by atoms with Crippen LogP contribution >= 0.6 is 0 Å². The first-order valence-electron chi connectivity index (χ1n) is 10.1. The van der Waals surface area contributed by atoms with Gasteiger partial charge in [-0.2, -0.15) is 0 Å². The summed E-state index contributed by atoms with van der Waals surface area (Å²) in [6.07, 6.45) is -0.267. The summed E-state index contributed by atoms with van der Waals surface area (Å²) in [6, 6.07) is 7.96. The quantitative estimate of drug-likeness (QED) is 0.515. The summed E-state index contributed by atoms with van der Waals surface area (Å²) >= 11 is 0. The van der Waals surface area contributed by atoms with Crippen molar-refractivity contribution in [3.8, 4) is 5.75 Å². The number of carbonyl (C=O) groups excluding carboxylic acids is 1. The number of carbonyl (C=O) groups is 1. The number of halogens is 2. The Kier molecular flexibility index (Phi) is 7.12. The third kappa shape index (κ3) is 5.73. The molecule has 1 amide bonds. The summed E-state index contributed by atoms with van der Waals surface area (Å²) < 4.78 is 32.6. The molecule has 4 N–H and O–H groups in total. The number of hydrogen-bond acceptors (Lipinski definition) is 5. The molecule has 166 valence electrons. The molecule has 0 fully saturated rings. The number of ether oxygens (including phenoxy) is 1. The van der Waals surface area contributed by atoms with E-state index >= 15 is 0 Å². The molecule has 0 saturated heterocycles. The molecule has 0 aliphatic carbocycles. The molecule has 6 nitrogen and oxygen atoms in total. The minimum absolute atomic E-state index is 0.00349. The van der Waals surface area contributed by atoms with E-state index in [2.05, 4.69) is 10.6 Å². The average molecular weight is 432 g/mol. The van der Waals surface area contributed by atoms with Crippen molar-refractivity contribution in [2.75, 3.05) is 13.2 Å². The molecule has 2 aromatic carbocycles. The Morgan fingerprint density at radius 3 is 2.52 bits per heavy atom. The van der Waals surface area contributed by atoms with Crippen molar-refractivity contribution < 1.29 is 28.5 Å². The first-order valence-corrected chi connectivity index (χ1v) is 10.1. The SMILES string of the molecule is CCc1ccc2c(c1)C(NCC(O)C(Cc1cc(F)cc(F)c1)NC(C)=O)=C(O)CO2. The normalized spacial score (nSPS) is 15.0. The molecule has 0 spiro atoms. The molecule has 1 aliphatic heterocycles. The fourth-order valence-corrected chi connectivity index (χ4v) is 3.57. The second-order valence-electron chi connectivity index (χ2n) is 7.53. The van der Waals surface area contributed by atoms with Gasteiger partial charge in [-0.25, -0.2) is 8.78 Å². The second kappa shape index (κ2) is 9.78. The highest BCUT2D eigenvalue weighted by Gasteiger charge is 2.25. The summed E-state index contributed by atoms with van der Waals surface area (Å²) in [7, 11) is 0. The van der Waals surface area contributed by atoms with Gasteiger partial charge in [-0.1, -0.05) is 13.0 Å². The number of nitrogens with one attached hydrogen (secondary N) is 2. The molecular weight excluding hydrogens is 406 g/mol. The van der Waals surface area contributed by atoms with Crippen molar-refractivity contribution in [3.63, 3.8) is 0 Å². The van der Waals surface area contributed by atoms with Gasteiger partial charge in [0.1, 0.15) is 24.0 Å². The highest BCUT2D eigenvalue weighted by molar-refractivity contribution is 5.74. The standard InChI is InChI=1S/C23H26F2N2O4/c1-3-14-4-5-22-18(8-14)23(21(30)12-31-22)26-11-20(29)19(27-13(2)28)9-15-6-16(24)10-17(25)7-15/h4-8,10,19-20,26,29-30H,3,9,11-12H2,1-2H3,(H,27,28). The minimum Gasteiger partial charge on any atom is -0.507 e. The van der Waals surface area contributed by atoms with Crippen molar-refractivity contribution in [3.05, 3.63) is 70.5 Å². The van der Waals surface area contributed by atoms with Gasteiger partial charge in [-0.15, -0.1) is 0 Å². The van der Waals surface area contributed by atoms with Crippen LogP contribution in [-0.2, 0) is 17.6 Å². The van der Waals surface area contributed by atoms with E-state index in [4.69, 9.17) is 4.74 Å². The first-order chi connectivity index (χ1) is 14.8. The van der Waals surface area contributed by atoms with Crippen LogP contribution in [0.5, 0.6) is 5.75 Å². The predicted octanol–water partition coefficient (Wildman–Crippen LogP) is 2.84. The van der Waals surface area contributed by atoms with Crippen molar-refractivity contribution in [2.24, 2.45) is 0 Å². The first kappa shape index (κ1) is 22.6. The topological polar surface area (TPSA) is 90.8 Å². The predicted molar refractivity (Wildman–Crippen MR) is 113 cm³/mol. The largest absolute Gasteiger partial charge is 0.507 e. The van der Waals surface area contributed by atoms with E-state index in [0.29, 0.717) is 22.6 Å². The number of fused-ring (bicyclic) bond motifs is 1. The van der Waals surface area contributed by atoms with Crippen molar-refractivity contribution in [1.29, 1.82) is 0 Å². The number of aliphatic hydroxyl groups excluding tert-OH is 2. The van der Waals surface area contributed by atoms with Gasteiger partial charge in [0.25, 0.3) is 0 Å². The van der Waals surface area contributed by atoms with Crippen LogP contribution < -0.4 is 15.4 Å². The molecule has 1 heterocycles. The highest BCUT2D eigenvalue weighted by Crippen LogP contribution is 2.31. The number of hydrogen-bond donors (Lipinski definition) is 4. The molecule has 2 aromatic rings. The monoisotopic (exact) mass is 432 g/mol. The average Bonchev–Trinajstić information content (AvgIpc) is 2.70. The third-order valence-corrected chi connectivity index (χ3v) is 5.09. The summed E-state index contributed by atoms with van der Waals surface area (Å²) in [5, 5.41) is 26.7. The van der Waals surface area contributed by atoms with Crippen LogP contribution in [0.15, 0.2) is 42.2 Å². The van der Waals surface area contributed by atoms with Crippen molar-refractivity contribution in [2.45, 2.75) is 38.8 Å². The lowest BCUT2D eigenvalue weighted by Crippen LogP contribution is -2.48. The summed E-state index contributed by atoms with van der Waals surface area (Å²) in [5.74, 6) is -1.24. The van der Waals surface area contributed by atoms with Gasteiger partial charge in [0, 0.05) is 25.1 Å². The van der Waals surface area contributed by atoms with E-state index in [0.717, 1.165) is 30.2 Å². The van der Waals surface area contributed by atoms with E-state index < -0.39 is 23.8 Å². The Balaban J connectivity index is 1.76. The van der Waals surface area contributed by atoms with E-state index in [1.165, 1.54) is 6.92 Å². The fraction of sp³-hybridized carbons (Fsp3) is 0.348. The Bertz CT molecular complexity index is 973. The Morgan fingerprint density at radius 1 is 1.16 bits per heavy atom. The maximum atomic E-state index is 13.5. The second-order valence-corrected chi connectivity index (χ2v) is 7.53. The van der Waals surface area contributed by atoms with Crippen LogP contribution in [0.3, 0.4) is 0 Å². The maximum Gasteiger partial charge on any atom is 0.217 e. The number of aryl methyl sites for hydroxylation is 1. The van der Waals surface area contributed by atoms with Crippen LogP contribution in [0.25, 0.3) is 5.70 Å². The summed E-state index contributed by atoms with van der Waals surface area (Å²) in [6.45, 7) is 3.29. The number of aliphatic hydroxyl groups is 2. The van der Waals surface area contributed by atoms with Crippen molar-refractivity contribution >= 4 is 11.6 Å². The van der Waals surface area contributed by atoms with Crippen molar-refractivity contribution in [1.82, 2.24) is 10.6 Å². The van der Waals surface area contributed by atoms with E-state index in [-0.39, 0.29) is 31.2 Å². The molecule has 2 unspecified atom stereocenters. The molecule has 0 bridgehead atoms. The summed E-state index contributed by atoms with van der Waals surface area (Å²) in [4.78, 5) is 11.6. The molecule has 3 rings (SSSR count). The van der Waals surface area contributed by atoms with Gasteiger partial charge in [-0.05, 0) is 48.2 Å². The van der Waals surface area contributed by atoms with Gasteiger partial charge in [0.05, 0.1) is 17.8 Å². The van der Waals surface area contributed by atoms with Gasteiger partial charge < -0.3 is 25.6 Å². The zero-order valence-electron chi connectivity index (χ0n) is 17.4. The number of rotatable bonds is 8. The molecule has 8 heteroatoms.